The molecule has 2 aromatic carbocycles. The van der Waals surface area contributed by atoms with Crippen molar-refractivity contribution >= 4 is 51.5 Å². The Kier molecular flexibility index (Phi) is 6.87. The summed E-state index contributed by atoms with van der Waals surface area (Å²) in [6.07, 6.45) is 2.04. The summed E-state index contributed by atoms with van der Waals surface area (Å²) in [6, 6.07) is 14.5. The Morgan fingerprint density at radius 2 is 1.71 bits per heavy atom. The first-order valence-electron chi connectivity index (χ1n) is 10.6. The van der Waals surface area contributed by atoms with Crippen molar-refractivity contribution in [2.75, 3.05) is 25.0 Å². The number of alkyl halides is 3. The van der Waals surface area contributed by atoms with E-state index in [2.05, 4.69) is 51.1 Å². The van der Waals surface area contributed by atoms with Crippen LogP contribution in [-0.4, -0.2) is 45.5 Å². The van der Waals surface area contributed by atoms with Gasteiger partial charge in [0, 0.05) is 31.2 Å². The quantitative estimate of drug-likeness (QED) is 0.452. The average Bonchev–Trinajstić information content (AvgIpc) is 2.73. The predicted molar refractivity (Wildman–Crippen MR) is 130 cm³/mol. The number of hydrogen-bond acceptors (Lipinski definition) is 5. The van der Waals surface area contributed by atoms with Gasteiger partial charge in [0.15, 0.2) is 11.6 Å². The third kappa shape index (κ3) is 5.78. The molecule has 1 saturated heterocycles. The first-order chi connectivity index (χ1) is 14.8. The fourth-order valence-electron chi connectivity index (χ4n) is 3.98. The minimum atomic E-state index is -1.73. The van der Waals surface area contributed by atoms with E-state index in [0.717, 1.165) is 48.8 Å². The lowest BCUT2D eigenvalue weighted by Gasteiger charge is -2.33. The van der Waals surface area contributed by atoms with Gasteiger partial charge in [-0.3, -0.25) is 0 Å². The number of halogens is 3. The lowest BCUT2D eigenvalue weighted by Crippen LogP contribution is -2.41. The molecule has 0 bridgehead atoms. The van der Waals surface area contributed by atoms with E-state index in [9.17, 15) is 0 Å². The molecule has 0 saturated carbocycles. The van der Waals surface area contributed by atoms with Gasteiger partial charge in [0.1, 0.15) is 0 Å². The maximum absolute atomic E-state index is 6.14. The van der Waals surface area contributed by atoms with E-state index < -0.39 is 3.79 Å². The molecule has 0 unspecified atom stereocenters. The van der Waals surface area contributed by atoms with Gasteiger partial charge >= 0.3 is 0 Å². The van der Waals surface area contributed by atoms with Crippen molar-refractivity contribution in [3.05, 3.63) is 48.3 Å². The number of nitrogens with one attached hydrogen (secondary N) is 1. The first-order valence-corrected chi connectivity index (χ1v) is 11.7. The summed E-state index contributed by atoms with van der Waals surface area (Å²) in [7, 11) is 0. The van der Waals surface area contributed by atoms with Crippen molar-refractivity contribution in [3.63, 3.8) is 0 Å². The van der Waals surface area contributed by atoms with Crippen LogP contribution in [0.25, 0.3) is 22.2 Å². The van der Waals surface area contributed by atoms with E-state index in [-0.39, 0.29) is 11.9 Å². The number of piperidine rings is 1. The highest BCUT2D eigenvalue weighted by atomic mass is 35.6. The zero-order chi connectivity index (χ0) is 22.0. The monoisotopic (exact) mass is 477 g/mol. The molecule has 1 aliphatic rings. The molecular weight excluding hydrogens is 453 g/mol. The highest BCUT2D eigenvalue weighted by Gasteiger charge is 2.29. The van der Waals surface area contributed by atoms with E-state index in [1.54, 1.807) is 0 Å². The van der Waals surface area contributed by atoms with Gasteiger partial charge in [-0.1, -0.05) is 85.0 Å². The number of hydrogen-bond donors (Lipinski definition) is 1. The first kappa shape index (κ1) is 22.5. The van der Waals surface area contributed by atoms with Crippen LogP contribution in [0.3, 0.4) is 0 Å². The minimum Gasteiger partial charge on any atom is -0.351 e. The Labute approximate surface area is 198 Å². The lowest BCUT2D eigenvalue weighted by molar-refractivity contribution is 0.197. The van der Waals surface area contributed by atoms with Crippen molar-refractivity contribution in [1.82, 2.24) is 19.9 Å². The standard InChI is InChI=1S/C23H26Cl3N5/c1-15(2)14-31-11-9-19(10-12-31)27-22-29-20(28-21(30-22)23(24,25)26)18-8-7-16-5-3-4-6-17(16)13-18/h3-8,13,15,19H,9-12,14H2,1-2H3,(H,27,28,29,30). The molecule has 8 heteroatoms. The Balaban J connectivity index is 1.59. The van der Waals surface area contributed by atoms with E-state index >= 15 is 0 Å². The molecule has 1 fully saturated rings. The van der Waals surface area contributed by atoms with Crippen LogP contribution in [0.1, 0.15) is 32.5 Å². The number of fused-ring (bicyclic) bond motifs is 1. The van der Waals surface area contributed by atoms with Crippen LogP contribution in [-0.2, 0) is 3.79 Å². The van der Waals surface area contributed by atoms with Gasteiger partial charge in [-0.05, 0) is 35.6 Å². The SMILES string of the molecule is CC(C)CN1CCC(Nc2nc(-c3ccc4ccccc4c3)nc(C(Cl)(Cl)Cl)n2)CC1. The lowest BCUT2D eigenvalue weighted by atomic mass is 10.0. The van der Waals surface area contributed by atoms with Gasteiger partial charge in [0.2, 0.25) is 9.74 Å². The maximum atomic E-state index is 6.14. The van der Waals surface area contributed by atoms with Gasteiger partial charge in [-0.25, -0.2) is 4.98 Å². The van der Waals surface area contributed by atoms with Crippen molar-refractivity contribution in [3.8, 4) is 11.4 Å². The zero-order valence-electron chi connectivity index (χ0n) is 17.7. The van der Waals surface area contributed by atoms with Crippen LogP contribution in [0, 0.1) is 5.92 Å². The molecule has 0 atom stereocenters. The molecule has 0 amide bonds. The second-order valence-corrected chi connectivity index (χ2v) is 10.8. The summed E-state index contributed by atoms with van der Waals surface area (Å²) in [5.41, 5.74) is 0.853. The number of aromatic nitrogens is 3. The second-order valence-electron chi connectivity index (χ2n) is 8.48. The summed E-state index contributed by atoms with van der Waals surface area (Å²) in [6.45, 7) is 7.73. The van der Waals surface area contributed by atoms with Crippen molar-refractivity contribution < 1.29 is 0 Å². The topological polar surface area (TPSA) is 53.9 Å². The summed E-state index contributed by atoms with van der Waals surface area (Å²) >= 11 is 18.4. The van der Waals surface area contributed by atoms with Crippen molar-refractivity contribution in [2.24, 2.45) is 5.92 Å². The van der Waals surface area contributed by atoms with Gasteiger partial charge in [-0.15, -0.1) is 0 Å². The summed E-state index contributed by atoms with van der Waals surface area (Å²) in [5, 5.41) is 5.70. The molecule has 1 aliphatic heterocycles. The Hall–Kier alpha value is -1.66. The summed E-state index contributed by atoms with van der Waals surface area (Å²) in [5.74, 6) is 1.73. The van der Waals surface area contributed by atoms with E-state index in [1.165, 1.54) is 0 Å². The molecule has 5 nitrogen and oxygen atoms in total. The van der Waals surface area contributed by atoms with Crippen molar-refractivity contribution in [1.29, 1.82) is 0 Å². The van der Waals surface area contributed by atoms with Gasteiger partial charge in [0.05, 0.1) is 0 Å². The van der Waals surface area contributed by atoms with Crippen LogP contribution < -0.4 is 5.32 Å². The fraction of sp³-hybridized carbons (Fsp3) is 0.435. The molecule has 164 valence electrons. The Bertz CT molecular complexity index is 1040. The van der Waals surface area contributed by atoms with Gasteiger partial charge in [-0.2, -0.15) is 9.97 Å². The smallest absolute Gasteiger partial charge is 0.250 e. The third-order valence-corrected chi connectivity index (χ3v) is 5.95. The van der Waals surface area contributed by atoms with Crippen LogP contribution in [0.5, 0.6) is 0 Å². The second kappa shape index (κ2) is 9.45. The predicted octanol–water partition coefficient (Wildman–Crippen LogP) is 6.05. The van der Waals surface area contributed by atoms with E-state index in [0.29, 0.717) is 17.7 Å². The van der Waals surface area contributed by atoms with E-state index in [1.807, 2.05) is 30.3 Å². The number of rotatable bonds is 5. The number of likely N-dealkylation sites (tertiary alicyclic amines) is 1. The highest BCUT2D eigenvalue weighted by molar-refractivity contribution is 6.66. The Morgan fingerprint density at radius 1 is 1.00 bits per heavy atom. The maximum Gasteiger partial charge on any atom is 0.250 e. The molecule has 0 spiro atoms. The fourth-order valence-corrected chi connectivity index (χ4v) is 4.24. The molecule has 1 aromatic heterocycles. The van der Waals surface area contributed by atoms with Crippen LogP contribution in [0.4, 0.5) is 5.95 Å². The molecule has 4 rings (SSSR count). The van der Waals surface area contributed by atoms with Crippen molar-refractivity contribution in [2.45, 2.75) is 36.5 Å². The molecule has 3 aromatic rings. The highest BCUT2D eigenvalue weighted by Crippen LogP contribution is 2.37. The van der Waals surface area contributed by atoms with Crippen LogP contribution in [0.2, 0.25) is 0 Å². The molecule has 2 heterocycles. The average molecular weight is 479 g/mol. The Morgan fingerprint density at radius 3 is 2.39 bits per heavy atom. The molecule has 0 aliphatic carbocycles. The van der Waals surface area contributed by atoms with Gasteiger partial charge in [0.25, 0.3) is 0 Å². The summed E-state index contributed by atoms with van der Waals surface area (Å²) in [4.78, 5) is 16.0. The number of benzene rings is 2. The largest absolute Gasteiger partial charge is 0.351 e. The van der Waals surface area contributed by atoms with Crippen LogP contribution >= 0.6 is 34.8 Å². The number of nitrogens with zero attached hydrogens (tertiary/aromatic N) is 4. The molecule has 1 N–H and O–H groups in total. The third-order valence-electron chi connectivity index (χ3n) is 5.44. The minimum absolute atomic E-state index is 0.121. The van der Waals surface area contributed by atoms with Crippen LogP contribution in [0.15, 0.2) is 42.5 Å². The van der Waals surface area contributed by atoms with E-state index in [4.69, 9.17) is 34.8 Å². The summed E-state index contributed by atoms with van der Waals surface area (Å²) < 4.78 is -1.73. The molecule has 31 heavy (non-hydrogen) atoms. The molecule has 0 radical (unpaired) electrons. The van der Waals surface area contributed by atoms with Gasteiger partial charge < -0.3 is 10.2 Å². The zero-order valence-corrected chi connectivity index (χ0v) is 19.9. The number of anilines is 1. The molecular formula is C23H26Cl3N5. The normalized spacial score (nSPS) is 16.2.